The Balaban J connectivity index is 1.52. The third kappa shape index (κ3) is 5.08. The number of fused-ring (bicyclic) bond motifs is 2. The molecule has 1 atom stereocenters. The zero-order valence-corrected chi connectivity index (χ0v) is 21.7. The van der Waals surface area contributed by atoms with E-state index in [2.05, 4.69) is 18.7 Å². The molecule has 8 nitrogen and oxygen atoms in total. The zero-order chi connectivity index (χ0) is 25.9. The summed E-state index contributed by atoms with van der Waals surface area (Å²) >= 11 is 0. The normalized spacial score (nSPS) is 18.0. The summed E-state index contributed by atoms with van der Waals surface area (Å²) in [6, 6.07) is 12.1. The number of methoxy groups -OCH3 is 1. The van der Waals surface area contributed by atoms with Gasteiger partial charge >= 0.3 is 0 Å². The molecule has 1 unspecified atom stereocenters. The molecule has 1 saturated heterocycles. The van der Waals surface area contributed by atoms with Crippen LogP contribution < -0.4 is 14.9 Å². The highest BCUT2D eigenvalue weighted by Crippen LogP contribution is 2.41. The fraction of sp³-hybridized carbons (Fsp3) is 0.448. The minimum absolute atomic E-state index is 0.124. The molecule has 2 aliphatic heterocycles. The van der Waals surface area contributed by atoms with Crippen molar-refractivity contribution in [2.75, 3.05) is 53.1 Å². The lowest BCUT2D eigenvalue weighted by molar-refractivity contribution is 0.0353. The molecule has 1 aromatic heterocycles. The number of carbonyl (C=O) groups is 1. The number of ether oxygens (including phenoxy) is 3. The molecule has 0 saturated carbocycles. The average molecular weight is 507 g/mol. The van der Waals surface area contributed by atoms with Crippen LogP contribution in [0.3, 0.4) is 0 Å². The maximum atomic E-state index is 13.7. The number of morpholine rings is 1. The Kier molecular flexibility index (Phi) is 7.48. The molecule has 5 rings (SSSR count). The van der Waals surface area contributed by atoms with Gasteiger partial charge in [0.25, 0.3) is 5.91 Å². The monoisotopic (exact) mass is 506 g/mol. The van der Waals surface area contributed by atoms with Crippen molar-refractivity contribution in [1.29, 1.82) is 0 Å². The number of hydrogen-bond acceptors (Lipinski definition) is 7. The van der Waals surface area contributed by atoms with E-state index in [1.54, 1.807) is 36.3 Å². The van der Waals surface area contributed by atoms with Crippen LogP contribution in [0.15, 0.2) is 51.7 Å². The van der Waals surface area contributed by atoms with E-state index >= 15 is 0 Å². The number of carbonyl (C=O) groups excluding carboxylic acids is 1. The average Bonchev–Trinajstić information content (AvgIpc) is 3.19. The molecule has 0 radical (unpaired) electrons. The van der Waals surface area contributed by atoms with Crippen molar-refractivity contribution in [3.8, 4) is 11.5 Å². The van der Waals surface area contributed by atoms with Gasteiger partial charge in [-0.05, 0) is 42.2 Å². The van der Waals surface area contributed by atoms with Gasteiger partial charge < -0.3 is 23.5 Å². The van der Waals surface area contributed by atoms with Crippen molar-refractivity contribution in [1.82, 2.24) is 9.80 Å². The van der Waals surface area contributed by atoms with Gasteiger partial charge in [0.05, 0.1) is 43.9 Å². The number of amides is 1. The standard InChI is InChI=1S/C29H34N2O6/c1-19(2)18-36-23-10-9-20(17-24(23)34-3)26-25-27(32)21-7-4-5-8-22(21)37-28(25)29(33)31(26)12-6-11-30-13-15-35-16-14-30/h4-5,7-10,17,19,26H,6,11-16,18H2,1-3H3. The van der Waals surface area contributed by atoms with Gasteiger partial charge in [-0.2, -0.15) is 0 Å². The topological polar surface area (TPSA) is 81.5 Å². The molecule has 8 heteroatoms. The molecule has 0 bridgehead atoms. The third-order valence-electron chi connectivity index (χ3n) is 6.93. The van der Waals surface area contributed by atoms with Gasteiger partial charge in [-0.1, -0.05) is 32.0 Å². The summed E-state index contributed by atoms with van der Waals surface area (Å²) in [5.74, 6) is 1.43. The fourth-order valence-corrected chi connectivity index (χ4v) is 5.06. The quantitative estimate of drug-likeness (QED) is 0.432. The predicted octanol–water partition coefficient (Wildman–Crippen LogP) is 4.10. The zero-order valence-electron chi connectivity index (χ0n) is 21.7. The van der Waals surface area contributed by atoms with Crippen LogP contribution in [0, 0.1) is 5.92 Å². The second kappa shape index (κ2) is 10.9. The van der Waals surface area contributed by atoms with Crippen LogP contribution in [-0.4, -0.2) is 68.8 Å². The highest BCUT2D eigenvalue weighted by molar-refractivity contribution is 5.99. The largest absolute Gasteiger partial charge is 0.493 e. The first kappa shape index (κ1) is 25.3. The van der Waals surface area contributed by atoms with Gasteiger partial charge in [0.15, 0.2) is 16.9 Å². The summed E-state index contributed by atoms with van der Waals surface area (Å²) in [6.45, 7) is 9.31. The smallest absolute Gasteiger partial charge is 0.290 e. The Labute approximate surface area is 216 Å². The summed E-state index contributed by atoms with van der Waals surface area (Å²) < 4.78 is 23.1. The van der Waals surface area contributed by atoms with Crippen LogP contribution >= 0.6 is 0 Å². The lowest BCUT2D eigenvalue weighted by Crippen LogP contribution is -2.38. The summed E-state index contributed by atoms with van der Waals surface area (Å²) in [5, 5.41) is 0.470. The van der Waals surface area contributed by atoms with Crippen LogP contribution in [0.1, 0.15) is 48.0 Å². The van der Waals surface area contributed by atoms with Crippen LogP contribution in [-0.2, 0) is 4.74 Å². The minimum Gasteiger partial charge on any atom is -0.493 e. The van der Waals surface area contributed by atoms with Crippen LogP contribution in [0.25, 0.3) is 11.0 Å². The Morgan fingerprint density at radius 2 is 1.81 bits per heavy atom. The minimum atomic E-state index is -0.568. The number of rotatable bonds is 9. The molecule has 0 aliphatic carbocycles. The fourth-order valence-electron chi connectivity index (χ4n) is 5.06. The Bertz CT molecular complexity index is 1330. The summed E-state index contributed by atoms with van der Waals surface area (Å²) in [5.41, 5.74) is 1.41. The molecule has 1 fully saturated rings. The van der Waals surface area contributed by atoms with Crippen LogP contribution in [0.4, 0.5) is 0 Å². The van der Waals surface area contributed by atoms with E-state index in [9.17, 15) is 9.59 Å². The summed E-state index contributed by atoms with van der Waals surface area (Å²) in [7, 11) is 1.59. The van der Waals surface area contributed by atoms with E-state index in [1.807, 2.05) is 18.2 Å². The molecule has 1 amide bonds. The van der Waals surface area contributed by atoms with Gasteiger partial charge in [0.2, 0.25) is 5.76 Å². The van der Waals surface area contributed by atoms with Gasteiger partial charge in [0.1, 0.15) is 5.58 Å². The second-order valence-corrected chi connectivity index (χ2v) is 9.99. The summed E-state index contributed by atoms with van der Waals surface area (Å²) in [6.07, 6.45) is 0.774. The Morgan fingerprint density at radius 1 is 1.03 bits per heavy atom. The molecular weight excluding hydrogens is 472 g/mol. The summed E-state index contributed by atoms with van der Waals surface area (Å²) in [4.78, 5) is 31.5. The first-order valence-electron chi connectivity index (χ1n) is 13.0. The van der Waals surface area contributed by atoms with Crippen molar-refractivity contribution in [3.05, 3.63) is 69.6 Å². The van der Waals surface area contributed by atoms with E-state index in [1.165, 1.54) is 0 Å². The number of benzene rings is 2. The van der Waals surface area contributed by atoms with Crippen molar-refractivity contribution in [2.45, 2.75) is 26.3 Å². The van der Waals surface area contributed by atoms with Crippen molar-refractivity contribution in [3.63, 3.8) is 0 Å². The molecule has 196 valence electrons. The van der Waals surface area contributed by atoms with E-state index in [4.69, 9.17) is 18.6 Å². The van der Waals surface area contributed by atoms with E-state index in [-0.39, 0.29) is 17.1 Å². The molecule has 2 aromatic carbocycles. The lowest BCUT2D eigenvalue weighted by Gasteiger charge is -2.29. The van der Waals surface area contributed by atoms with Gasteiger partial charge in [0, 0.05) is 26.2 Å². The lowest BCUT2D eigenvalue weighted by atomic mass is 9.98. The SMILES string of the molecule is COc1cc(C2c3c(oc4ccccc4c3=O)C(=O)N2CCCN2CCOCC2)ccc1OCC(C)C. The first-order chi connectivity index (χ1) is 18.0. The van der Waals surface area contributed by atoms with Crippen molar-refractivity contribution in [2.24, 2.45) is 5.92 Å². The van der Waals surface area contributed by atoms with Gasteiger partial charge in [-0.15, -0.1) is 0 Å². The second-order valence-electron chi connectivity index (χ2n) is 9.99. The van der Waals surface area contributed by atoms with E-state index in [0.717, 1.165) is 44.8 Å². The number of nitrogens with zero attached hydrogens (tertiary/aromatic N) is 2. The third-order valence-corrected chi connectivity index (χ3v) is 6.93. The van der Waals surface area contributed by atoms with Crippen molar-refractivity contribution >= 4 is 16.9 Å². The van der Waals surface area contributed by atoms with Gasteiger partial charge in [-0.3, -0.25) is 14.5 Å². The molecular formula is C29H34N2O6. The van der Waals surface area contributed by atoms with Gasteiger partial charge in [-0.25, -0.2) is 0 Å². The first-order valence-corrected chi connectivity index (χ1v) is 13.0. The van der Waals surface area contributed by atoms with Crippen molar-refractivity contribution < 1.29 is 23.4 Å². The Hall–Kier alpha value is -3.36. The van der Waals surface area contributed by atoms with Crippen LogP contribution in [0.5, 0.6) is 11.5 Å². The highest BCUT2D eigenvalue weighted by atomic mass is 16.5. The molecule has 3 aromatic rings. The predicted molar refractivity (Wildman–Crippen MR) is 141 cm³/mol. The Morgan fingerprint density at radius 3 is 2.57 bits per heavy atom. The maximum Gasteiger partial charge on any atom is 0.290 e. The number of hydrogen-bond donors (Lipinski definition) is 0. The highest BCUT2D eigenvalue weighted by Gasteiger charge is 2.42. The molecule has 0 spiro atoms. The van der Waals surface area contributed by atoms with E-state index < -0.39 is 6.04 Å². The molecule has 2 aliphatic rings. The number of para-hydroxylation sites is 1. The molecule has 37 heavy (non-hydrogen) atoms. The molecule has 3 heterocycles. The van der Waals surface area contributed by atoms with Crippen LogP contribution in [0.2, 0.25) is 0 Å². The maximum absolute atomic E-state index is 13.7. The van der Waals surface area contributed by atoms with E-state index in [0.29, 0.717) is 47.1 Å². The molecule has 0 N–H and O–H groups in total.